The molecule has 2 heterocycles. The fourth-order valence-corrected chi connectivity index (χ4v) is 2.25. The number of hydrogen-bond donors (Lipinski definition) is 2. The van der Waals surface area contributed by atoms with Crippen molar-refractivity contribution >= 4 is 23.1 Å². The molecule has 116 valence electrons. The Bertz CT molecular complexity index is 853. The molecule has 0 aliphatic rings. The number of aliphatic hydroxyl groups is 1. The van der Waals surface area contributed by atoms with Crippen molar-refractivity contribution in [3.05, 3.63) is 76.7 Å². The summed E-state index contributed by atoms with van der Waals surface area (Å²) in [5.74, 6) is -0.645. The third kappa shape index (κ3) is 3.49. The lowest BCUT2D eigenvalue weighted by Gasteiger charge is -2.00. The van der Waals surface area contributed by atoms with Crippen LogP contribution >= 0.6 is 11.6 Å². The first-order valence-electron chi connectivity index (χ1n) is 6.75. The monoisotopic (exact) mass is 329 g/mol. The summed E-state index contributed by atoms with van der Waals surface area (Å²) in [5.41, 5.74) is 1.75. The van der Waals surface area contributed by atoms with Gasteiger partial charge in [-0.1, -0.05) is 29.8 Å². The molecule has 2 N–H and O–H groups in total. The highest BCUT2D eigenvalue weighted by atomic mass is 35.5. The van der Waals surface area contributed by atoms with Crippen molar-refractivity contribution in [2.45, 2.75) is 6.42 Å². The molecule has 0 amide bonds. The van der Waals surface area contributed by atoms with Crippen LogP contribution in [0.15, 0.2) is 53.4 Å². The molecule has 1 aromatic carbocycles. The van der Waals surface area contributed by atoms with Crippen LogP contribution in [0.3, 0.4) is 0 Å². The van der Waals surface area contributed by atoms with Crippen LogP contribution in [0, 0.1) is 0 Å². The molecular weight excluding hydrogens is 318 g/mol. The number of aromatic nitrogens is 3. The van der Waals surface area contributed by atoms with Gasteiger partial charge in [-0.15, -0.1) is 0 Å². The van der Waals surface area contributed by atoms with Gasteiger partial charge in [0.05, 0.1) is 6.26 Å². The Balaban J connectivity index is 1.75. The number of allylic oxidation sites excluding steroid dienone is 1. The van der Waals surface area contributed by atoms with Crippen LogP contribution in [-0.2, 0) is 6.42 Å². The Labute approximate surface area is 136 Å². The van der Waals surface area contributed by atoms with E-state index in [0.29, 0.717) is 11.4 Å². The Morgan fingerprint density at radius 3 is 2.96 bits per heavy atom. The maximum atomic E-state index is 12.1. The maximum absolute atomic E-state index is 12.1. The van der Waals surface area contributed by atoms with Crippen molar-refractivity contribution in [1.29, 1.82) is 0 Å². The quantitative estimate of drug-likeness (QED) is 0.425. The standard InChI is InChI=1S/C16H12ClN3O3/c17-12-4-2-1-3-11(12)5-10-6-15(23-8-10)13(21)7-14(22)16-18-9-19-20-16/h1-4,6-9,22H,5H2,(H,18,19,20). The second-order valence-corrected chi connectivity index (χ2v) is 5.21. The molecule has 2 aromatic heterocycles. The molecule has 3 rings (SSSR count). The van der Waals surface area contributed by atoms with Gasteiger partial charge in [0.1, 0.15) is 6.33 Å². The Hall–Kier alpha value is -2.86. The number of nitrogens with zero attached hydrogens (tertiary/aromatic N) is 2. The lowest BCUT2D eigenvalue weighted by Crippen LogP contribution is -1.96. The van der Waals surface area contributed by atoms with Crippen LogP contribution in [-0.4, -0.2) is 26.1 Å². The predicted octanol–water partition coefficient (Wildman–Crippen LogP) is 3.42. The highest BCUT2D eigenvalue weighted by Crippen LogP contribution is 2.20. The van der Waals surface area contributed by atoms with Crippen molar-refractivity contribution in [3.8, 4) is 0 Å². The number of halogens is 1. The summed E-state index contributed by atoms with van der Waals surface area (Å²) in [6.07, 6.45) is 4.36. The average molecular weight is 330 g/mol. The van der Waals surface area contributed by atoms with E-state index in [0.717, 1.165) is 17.2 Å². The second-order valence-electron chi connectivity index (χ2n) is 4.80. The fourth-order valence-electron chi connectivity index (χ4n) is 2.05. The van der Waals surface area contributed by atoms with Gasteiger partial charge >= 0.3 is 0 Å². The van der Waals surface area contributed by atoms with Crippen LogP contribution in [0.5, 0.6) is 0 Å². The number of nitrogens with one attached hydrogen (secondary N) is 1. The summed E-state index contributed by atoms with van der Waals surface area (Å²) in [5, 5.41) is 16.5. The lowest BCUT2D eigenvalue weighted by molar-refractivity contribution is 0.102. The Morgan fingerprint density at radius 1 is 1.39 bits per heavy atom. The van der Waals surface area contributed by atoms with E-state index in [9.17, 15) is 9.90 Å². The van der Waals surface area contributed by atoms with E-state index in [1.807, 2.05) is 18.2 Å². The number of ketones is 1. The van der Waals surface area contributed by atoms with Gasteiger partial charge in [-0.3, -0.25) is 9.89 Å². The van der Waals surface area contributed by atoms with Crippen LogP contribution in [0.25, 0.3) is 5.76 Å². The topological polar surface area (TPSA) is 92.0 Å². The maximum Gasteiger partial charge on any atom is 0.224 e. The fraction of sp³-hybridized carbons (Fsp3) is 0.0625. The molecule has 0 saturated heterocycles. The van der Waals surface area contributed by atoms with Crippen LogP contribution in [0.1, 0.15) is 27.5 Å². The molecule has 0 aliphatic heterocycles. The smallest absolute Gasteiger partial charge is 0.224 e. The number of hydrogen-bond acceptors (Lipinski definition) is 5. The van der Waals surface area contributed by atoms with Gasteiger partial charge in [0.15, 0.2) is 11.5 Å². The third-order valence-electron chi connectivity index (χ3n) is 3.16. The number of aromatic amines is 1. The van der Waals surface area contributed by atoms with Gasteiger partial charge in [0, 0.05) is 17.5 Å². The number of rotatable bonds is 5. The van der Waals surface area contributed by atoms with E-state index >= 15 is 0 Å². The van der Waals surface area contributed by atoms with Crippen LogP contribution in [0.4, 0.5) is 0 Å². The molecule has 0 fully saturated rings. The van der Waals surface area contributed by atoms with E-state index in [1.165, 1.54) is 12.6 Å². The minimum Gasteiger partial charge on any atom is -0.504 e. The van der Waals surface area contributed by atoms with E-state index in [-0.39, 0.29) is 17.3 Å². The summed E-state index contributed by atoms with van der Waals surface area (Å²) in [6.45, 7) is 0. The highest BCUT2D eigenvalue weighted by Gasteiger charge is 2.13. The zero-order chi connectivity index (χ0) is 16.2. The first-order valence-corrected chi connectivity index (χ1v) is 7.13. The molecule has 0 bridgehead atoms. The molecule has 0 atom stereocenters. The molecule has 0 unspecified atom stereocenters. The molecule has 6 nitrogen and oxygen atoms in total. The highest BCUT2D eigenvalue weighted by molar-refractivity contribution is 6.31. The van der Waals surface area contributed by atoms with Gasteiger partial charge in [0.25, 0.3) is 0 Å². The van der Waals surface area contributed by atoms with Crippen molar-refractivity contribution < 1.29 is 14.3 Å². The summed E-state index contributed by atoms with van der Waals surface area (Å²) < 4.78 is 5.26. The zero-order valence-corrected chi connectivity index (χ0v) is 12.6. The molecule has 7 heteroatoms. The Morgan fingerprint density at radius 2 is 2.22 bits per heavy atom. The molecule has 0 radical (unpaired) electrons. The molecule has 0 spiro atoms. The number of aliphatic hydroxyl groups excluding tert-OH is 1. The van der Waals surface area contributed by atoms with Crippen molar-refractivity contribution in [2.75, 3.05) is 0 Å². The molecular formula is C16H12ClN3O3. The minimum atomic E-state index is -0.474. The average Bonchev–Trinajstić information content (AvgIpc) is 3.21. The summed E-state index contributed by atoms with van der Waals surface area (Å²) in [6, 6.07) is 9.08. The van der Waals surface area contributed by atoms with E-state index in [4.69, 9.17) is 16.0 Å². The second kappa shape index (κ2) is 6.50. The third-order valence-corrected chi connectivity index (χ3v) is 3.53. The van der Waals surface area contributed by atoms with Gasteiger partial charge < -0.3 is 9.52 Å². The summed E-state index contributed by atoms with van der Waals surface area (Å²) >= 11 is 6.11. The molecule has 0 aliphatic carbocycles. The van der Waals surface area contributed by atoms with E-state index in [2.05, 4.69) is 15.2 Å². The summed E-state index contributed by atoms with van der Waals surface area (Å²) in [7, 11) is 0. The molecule has 3 aromatic rings. The number of benzene rings is 1. The number of carbonyl (C=O) groups is 1. The normalized spacial score (nSPS) is 11.6. The molecule has 0 saturated carbocycles. The van der Waals surface area contributed by atoms with Crippen molar-refractivity contribution in [1.82, 2.24) is 15.2 Å². The van der Waals surface area contributed by atoms with Crippen LogP contribution in [0.2, 0.25) is 5.02 Å². The van der Waals surface area contributed by atoms with Gasteiger partial charge in [-0.05, 0) is 23.3 Å². The number of H-pyrrole nitrogens is 1. The van der Waals surface area contributed by atoms with Crippen molar-refractivity contribution in [3.63, 3.8) is 0 Å². The minimum absolute atomic E-state index is 0.0428. The number of carbonyl (C=O) groups excluding carboxylic acids is 1. The Kier molecular flexibility index (Phi) is 4.25. The van der Waals surface area contributed by atoms with Crippen molar-refractivity contribution in [2.24, 2.45) is 0 Å². The first kappa shape index (κ1) is 15.1. The molecule has 23 heavy (non-hydrogen) atoms. The van der Waals surface area contributed by atoms with E-state index < -0.39 is 5.78 Å². The van der Waals surface area contributed by atoms with Crippen LogP contribution < -0.4 is 0 Å². The van der Waals surface area contributed by atoms with Gasteiger partial charge in [0.2, 0.25) is 11.6 Å². The lowest BCUT2D eigenvalue weighted by atomic mass is 10.1. The largest absolute Gasteiger partial charge is 0.504 e. The zero-order valence-electron chi connectivity index (χ0n) is 11.9. The van der Waals surface area contributed by atoms with Gasteiger partial charge in [-0.2, -0.15) is 5.10 Å². The van der Waals surface area contributed by atoms with Gasteiger partial charge in [-0.25, -0.2) is 4.98 Å². The predicted molar refractivity (Wildman–Crippen MR) is 84.3 cm³/mol. The SMILES string of the molecule is O=C(C=C(O)c1nc[nH]n1)c1cc(Cc2ccccc2Cl)co1. The summed E-state index contributed by atoms with van der Waals surface area (Å²) in [4.78, 5) is 15.8. The van der Waals surface area contributed by atoms with E-state index in [1.54, 1.807) is 12.1 Å². The number of furan rings is 1. The first-order chi connectivity index (χ1) is 11.1.